The maximum absolute atomic E-state index is 12.8. The Morgan fingerprint density at radius 3 is 2.00 bits per heavy atom. The van der Waals surface area contributed by atoms with E-state index in [1.54, 1.807) is 0 Å². The number of halogens is 7. The SMILES string of the molecule is N#CC(C#N)=CNc1cc(C(F)(F)F)cc(C(F)(F)F)c1Br. The minimum absolute atomic E-state index is 0.0333. The number of rotatable bonds is 2. The molecule has 0 aliphatic rings. The van der Waals surface area contributed by atoms with Crippen LogP contribution in [-0.2, 0) is 12.4 Å². The normalized spacial score (nSPS) is 11.3. The monoisotopic (exact) mass is 383 g/mol. The average molecular weight is 384 g/mol. The number of alkyl halides is 6. The summed E-state index contributed by atoms with van der Waals surface area (Å²) in [5.41, 5.74) is -4.15. The molecule has 0 heterocycles. The fraction of sp³-hybridized carbons (Fsp3) is 0.167. The zero-order chi connectivity index (χ0) is 17.1. The van der Waals surface area contributed by atoms with Crippen LogP contribution >= 0.6 is 15.9 Å². The van der Waals surface area contributed by atoms with Gasteiger partial charge in [-0.25, -0.2) is 0 Å². The molecule has 0 amide bonds. The lowest BCUT2D eigenvalue weighted by Gasteiger charge is -2.16. The van der Waals surface area contributed by atoms with Crippen LogP contribution in [0.2, 0.25) is 0 Å². The Morgan fingerprint density at radius 2 is 1.59 bits per heavy atom. The van der Waals surface area contributed by atoms with E-state index in [0.29, 0.717) is 12.3 Å². The van der Waals surface area contributed by atoms with Crippen LogP contribution in [0.5, 0.6) is 0 Å². The van der Waals surface area contributed by atoms with Gasteiger partial charge in [-0.3, -0.25) is 0 Å². The third-order valence-electron chi connectivity index (χ3n) is 2.32. The molecule has 0 aliphatic carbocycles. The summed E-state index contributed by atoms with van der Waals surface area (Å²) in [6.45, 7) is 0. The lowest BCUT2D eigenvalue weighted by Crippen LogP contribution is -2.13. The summed E-state index contributed by atoms with van der Waals surface area (Å²) in [5.74, 6) is 0. The number of hydrogen-bond acceptors (Lipinski definition) is 3. The molecule has 116 valence electrons. The van der Waals surface area contributed by atoms with Gasteiger partial charge in [0.05, 0.1) is 21.3 Å². The Hall–Kier alpha value is -2.20. The number of anilines is 1. The third-order valence-corrected chi connectivity index (χ3v) is 3.17. The molecule has 0 saturated carbocycles. The number of nitrogens with one attached hydrogen (secondary N) is 1. The number of nitriles is 2. The zero-order valence-electron chi connectivity index (χ0n) is 10.3. The van der Waals surface area contributed by atoms with Crippen molar-refractivity contribution in [3.8, 4) is 12.1 Å². The standard InChI is InChI=1S/C12H4BrF6N3/c13-10-8(12(17,18)19)1-7(11(14,15)16)2-9(10)22-5-6(3-20)4-21/h1-2,5,22H. The molecule has 1 rings (SSSR count). The van der Waals surface area contributed by atoms with Gasteiger partial charge in [-0.05, 0) is 28.1 Å². The summed E-state index contributed by atoms with van der Waals surface area (Å²) in [5, 5.41) is 19.1. The first kappa shape index (κ1) is 17.9. The smallest absolute Gasteiger partial charge is 0.359 e. The van der Waals surface area contributed by atoms with E-state index in [1.165, 1.54) is 12.1 Å². The molecular weight excluding hydrogens is 380 g/mol. The lowest BCUT2D eigenvalue weighted by atomic mass is 10.1. The van der Waals surface area contributed by atoms with Crippen LogP contribution in [0.15, 0.2) is 28.4 Å². The number of allylic oxidation sites excluding steroid dienone is 1. The van der Waals surface area contributed by atoms with Crippen molar-refractivity contribution in [3.05, 3.63) is 39.5 Å². The first-order valence-corrected chi connectivity index (χ1v) is 6.05. The van der Waals surface area contributed by atoms with E-state index in [1.807, 2.05) is 0 Å². The fourth-order valence-electron chi connectivity index (χ4n) is 1.34. The molecular formula is C12H4BrF6N3. The van der Waals surface area contributed by atoms with Gasteiger partial charge < -0.3 is 5.32 Å². The Balaban J connectivity index is 3.49. The van der Waals surface area contributed by atoms with Crippen LogP contribution in [0.25, 0.3) is 0 Å². The maximum Gasteiger partial charge on any atom is 0.417 e. The van der Waals surface area contributed by atoms with Gasteiger partial charge in [0, 0.05) is 6.20 Å². The van der Waals surface area contributed by atoms with Crippen molar-refractivity contribution < 1.29 is 26.3 Å². The molecule has 1 aromatic rings. The van der Waals surface area contributed by atoms with Crippen LogP contribution in [0.1, 0.15) is 11.1 Å². The first-order chi connectivity index (χ1) is 10.0. The second-order valence-electron chi connectivity index (χ2n) is 3.81. The quantitative estimate of drug-likeness (QED) is 0.587. The molecule has 3 nitrogen and oxygen atoms in total. The van der Waals surface area contributed by atoms with Crippen LogP contribution in [0.4, 0.5) is 32.0 Å². The molecule has 0 bridgehead atoms. The summed E-state index contributed by atoms with van der Waals surface area (Å²) < 4.78 is 75.7. The van der Waals surface area contributed by atoms with Crippen LogP contribution in [0, 0.1) is 22.7 Å². The van der Waals surface area contributed by atoms with E-state index in [2.05, 4.69) is 21.2 Å². The molecule has 0 radical (unpaired) electrons. The molecule has 10 heteroatoms. The van der Waals surface area contributed by atoms with Crippen molar-refractivity contribution in [2.75, 3.05) is 5.32 Å². The zero-order valence-corrected chi connectivity index (χ0v) is 11.9. The fourth-order valence-corrected chi connectivity index (χ4v) is 1.91. The molecule has 0 spiro atoms. The van der Waals surface area contributed by atoms with E-state index in [-0.39, 0.29) is 6.07 Å². The molecule has 22 heavy (non-hydrogen) atoms. The molecule has 0 saturated heterocycles. The van der Waals surface area contributed by atoms with Gasteiger partial charge in [0.2, 0.25) is 0 Å². The predicted octanol–water partition coefficient (Wildman–Crippen LogP) is 4.83. The van der Waals surface area contributed by atoms with Crippen molar-refractivity contribution in [2.24, 2.45) is 0 Å². The Morgan fingerprint density at radius 1 is 1.05 bits per heavy atom. The maximum atomic E-state index is 12.8. The highest BCUT2D eigenvalue weighted by Crippen LogP contribution is 2.43. The summed E-state index contributed by atoms with van der Waals surface area (Å²) in [6, 6.07) is 3.22. The largest absolute Gasteiger partial charge is 0.417 e. The minimum Gasteiger partial charge on any atom is -0.359 e. The first-order valence-electron chi connectivity index (χ1n) is 5.25. The molecule has 0 fully saturated rings. The summed E-state index contributed by atoms with van der Waals surface area (Å²) in [7, 11) is 0. The predicted molar refractivity (Wildman–Crippen MR) is 67.1 cm³/mol. The van der Waals surface area contributed by atoms with Crippen molar-refractivity contribution in [3.63, 3.8) is 0 Å². The molecule has 0 unspecified atom stereocenters. The van der Waals surface area contributed by atoms with Crippen LogP contribution in [-0.4, -0.2) is 0 Å². The van der Waals surface area contributed by atoms with Crippen LogP contribution < -0.4 is 5.32 Å². The number of nitrogens with zero attached hydrogens (tertiary/aromatic N) is 2. The van der Waals surface area contributed by atoms with Crippen molar-refractivity contribution in [1.29, 1.82) is 10.5 Å². The Labute approximate surface area is 128 Å². The summed E-state index contributed by atoms with van der Waals surface area (Å²) >= 11 is 2.57. The van der Waals surface area contributed by atoms with Gasteiger partial charge in [-0.1, -0.05) is 0 Å². The van der Waals surface area contributed by atoms with E-state index in [0.717, 1.165) is 0 Å². The van der Waals surface area contributed by atoms with Crippen LogP contribution in [0.3, 0.4) is 0 Å². The molecule has 0 atom stereocenters. The minimum atomic E-state index is -5.02. The summed E-state index contributed by atoms with van der Waals surface area (Å²) in [6.07, 6.45) is -9.30. The van der Waals surface area contributed by atoms with E-state index < -0.39 is 39.2 Å². The third kappa shape index (κ3) is 4.15. The molecule has 0 aliphatic heterocycles. The van der Waals surface area contributed by atoms with Gasteiger partial charge in [0.25, 0.3) is 0 Å². The van der Waals surface area contributed by atoms with E-state index >= 15 is 0 Å². The van der Waals surface area contributed by atoms with Gasteiger partial charge >= 0.3 is 12.4 Å². The van der Waals surface area contributed by atoms with Gasteiger partial charge in [0.1, 0.15) is 17.7 Å². The highest BCUT2D eigenvalue weighted by Gasteiger charge is 2.39. The molecule has 1 aromatic carbocycles. The Kier molecular flexibility index (Phi) is 5.09. The topological polar surface area (TPSA) is 59.6 Å². The van der Waals surface area contributed by atoms with Crippen molar-refractivity contribution in [1.82, 2.24) is 0 Å². The molecule has 1 N–H and O–H groups in total. The average Bonchev–Trinajstić information content (AvgIpc) is 2.38. The highest BCUT2D eigenvalue weighted by atomic mass is 79.9. The highest BCUT2D eigenvalue weighted by molar-refractivity contribution is 9.10. The second kappa shape index (κ2) is 6.28. The number of benzene rings is 1. The van der Waals surface area contributed by atoms with E-state index in [4.69, 9.17) is 10.5 Å². The number of hydrogen-bond donors (Lipinski definition) is 1. The van der Waals surface area contributed by atoms with Crippen molar-refractivity contribution in [2.45, 2.75) is 12.4 Å². The summed E-state index contributed by atoms with van der Waals surface area (Å²) in [4.78, 5) is 0. The molecule has 0 aromatic heterocycles. The van der Waals surface area contributed by atoms with Gasteiger partial charge in [-0.15, -0.1) is 0 Å². The second-order valence-corrected chi connectivity index (χ2v) is 4.60. The van der Waals surface area contributed by atoms with E-state index in [9.17, 15) is 26.3 Å². The van der Waals surface area contributed by atoms with Gasteiger partial charge in [-0.2, -0.15) is 36.9 Å². The van der Waals surface area contributed by atoms with Gasteiger partial charge in [0.15, 0.2) is 0 Å². The Bertz CT molecular complexity index is 675. The van der Waals surface area contributed by atoms with Crippen molar-refractivity contribution >= 4 is 21.6 Å². The lowest BCUT2D eigenvalue weighted by molar-refractivity contribution is -0.143.